The van der Waals surface area contributed by atoms with Crippen molar-refractivity contribution in [1.29, 1.82) is 0 Å². The van der Waals surface area contributed by atoms with Crippen molar-refractivity contribution >= 4 is 34.6 Å². The predicted octanol–water partition coefficient (Wildman–Crippen LogP) is 5.53. The van der Waals surface area contributed by atoms with Gasteiger partial charge in [0, 0.05) is 12.0 Å². The van der Waals surface area contributed by atoms with Crippen LogP contribution >= 0.6 is 11.8 Å². The van der Waals surface area contributed by atoms with Gasteiger partial charge in [0.25, 0.3) is 5.91 Å². The van der Waals surface area contributed by atoms with Crippen molar-refractivity contribution in [2.24, 2.45) is 10.1 Å². The van der Waals surface area contributed by atoms with E-state index in [4.69, 9.17) is 9.84 Å². The number of phenolic OH excluding ortho intramolecular Hbond substituents is 1. The monoisotopic (exact) mass is 469 g/mol. The highest BCUT2D eigenvalue weighted by Gasteiger charge is 2.37. The number of nitrogens with zero attached hydrogens (tertiary/aromatic N) is 3. The fourth-order valence-electron chi connectivity index (χ4n) is 4.04. The number of aliphatic imine (C=N–C) groups is 1. The standard InChI is InChI=1S/C27H23N3O3S/c1-17-7-3-4-8-19(17)15-25-26(32)28-27(34-25)30-23(21-9-5-6-10-24(21)31)16-22(29-30)18-11-13-20(33-2)14-12-18/h3-15,23,31H,16H2,1-2H3/b25-15-. The summed E-state index contributed by atoms with van der Waals surface area (Å²) in [6.07, 6.45) is 2.44. The summed E-state index contributed by atoms with van der Waals surface area (Å²) in [6, 6.07) is 22.6. The number of benzene rings is 3. The molecule has 0 saturated carbocycles. The van der Waals surface area contributed by atoms with E-state index >= 15 is 0 Å². The zero-order chi connectivity index (χ0) is 23.7. The molecule has 1 N–H and O–H groups in total. The highest BCUT2D eigenvalue weighted by Crippen LogP contribution is 2.42. The number of phenols is 1. The second kappa shape index (κ2) is 9.19. The highest BCUT2D eigenvalue weighted by atomic mass is 32.2. The summed E-state index contributed by atoms with van der Waals surface area (Å²) < 4.78 is 5.27. The minimum atomic E-state index is -0.285. The van der Waals surface area contributed by atoms with Gasteiger partial charge in [-0.1, -0.05) is 42.5 Å². The van der Waals surface area contributed by atoms with Crippen molar-refractivity contribution in [2.75, 3.05) is 7.11 Å². The predicted molar refractivity (Wildman–Crippen MR) is 136 cm³/mol. The molecular weight excluding hydrogens is 446 g/mol. The zero-order valence-corrected chi connectivity index (χ0v) is 19.6. The molecule has 2 aliphatic rings. The smallest absolute Gasteiger partial charge is 0.286 e. The number of para-hydroxylation sites is 1. The molecule has 34 heavy (non-hydrogen) atoms. The largest absolute Gasteiger partial charge is 0.508 e. The lowest BCUT2D eigenvalue weighted by Crippen LogP contribution is -2.23. The lowest BCUT2D eigenvalue weighted by atomic mass is 9.98. The van der Waals surface area contributed by atoms with Gasteiger partial charge < -0.3 is 9.84 Å². The topological polar surface area (TPSA) is 74.5 Å². The number of methoxy groups -OCH3 is 1. The number of hydrogen-bond acceptors (Lipinski definition) is 6. The number of carbonyl (C=O) groups is 1. The Morgan fingerprint density at radius 2 is 1.79 bits per heavy atom. The number of rotatable bonds is 4. The molecule has 5 rings (SSSR count). The minimum absolute atomic E-state index is 0.189. The second-order valence-electron chi connectivity index (χ2n) is 8.07. The third kappa shape index (κ3) is 4.22. The van der Waals surface area contributed by atoms with E-state index in [1.54, 1.807) is 24.3 Å². The summed E-state index contributed by atoms with van der Waals surface area (Å²) in [7, 11) is 1.63. The van der Waals surface area contributed by atoms with Crippen molar-refractivity contribution in [2.45, 2.75) is 19.4 Å². The van der Waals surface area contributed by atoms with Crippen LogP contribution in [-0.2, 0) is 4.79 Å². The number of carbonyl (C=O) groups excluding carboxylic acids is 1. The maximum Gasteiger partial charge on any atom is 0.286 e. The molecule has 3 aromatic carbocycles. The van der Waals surface area contributed by atoms with Gasteiger partial charge in [-0.15, -0.1) is 0 Å². The Hall–Kier alpha value is -3.84. The van der Waals surface area contributed by atoms with Crippen LogP contribution in [0.4, 0.5) is 0 Å². The number of ether oxygens (including phenoxy) is 1. The number of aryl methyl sites for hydroxylation is 1. The minimum Gasteiger partial charge on any atom is -0.508 e. The Kier molecular flexibility index (Phi) is 5.94. The normalized spacial score (nSPS) is 18.9. The van der Waals surface area contributed by atoms with Gasteiger partial charge in [-0.3, -0.25) is 4.79 Å². The molecule has 2 heterocycles. The molecule has 0 saturated heterocycles. The maximum atomic E-state index is 12.8. The summed E-state index contributed by atoms with van der Waals surface area (Å²) in [6.45, 7) is 2.01. The number of amides is 1. The van der Waals surface area contributed by atoms with E-state index in [1.807, 2.05) is 73.7 Å². The molecule has 1 amide bonds. The van der Waals surface area contributed by atoms with Gasteiger partial charge in [0.15, 0.2) is 5.17 Å². The molecule has 7 heteroatoms. The Labute approximate surface area is 202 Å². The van der Waals surface area contributed by atoms with E-state index < -0.39 is 0 Å². The van der Waals surface area contributed by atoms with Crippen LogP contribution in [0.15, 0.2) is 87.8 Å². The maximum absolute atomic E-state index is 12.8. The first-order valence-electron chi connectivity index (χ1n) is 10.9. The molecule has 1 unspecified atom stereocenters. The average molecular weight is 470 g/mol. The molecule has 0 spiro atoms. The zero-order valence-electron chi connectivity index (χ0n) is 18.8. The SMILES string of the molecule is COc1ccc(C2=NN(C3=NC(=O)/C(=C/c4ccccc4C)S3)C(c3ccccc3O)C2)cc1. The van der Waals surface area contributed by atoms with Crippen LogP contribution in [0.25, 0.3) is 6.08 Å². The summed E-state index contributed by atoms with van der Waals surface area (Å²) in [5, 5.41) is 17.7. The summed E-state index contributed by atoms with van der Waals surface area (Å²) >= 11 is 1.31. The van der Waals surface area contributed by atoms with Crippen molar-refractivity contribution in [3.8, 4) is 11.5 Å². The number of amidine groups is 1. The van der Waals surface area contributed by atoms with E-state index in [2.05, 4.69) is 4.99 Å². The molecule has 2 aliphatic heterocycles. The van der Waals surface area contributed by atoms with Gasteiger partial charge in [0.1, 0.15) is 11.5 Å². The summed E-state index contributed by atoms with van der Waals surface area (Å²) in [4.78, 5) is 17.7. The average Bonchev–Trinajstić information content (AvgIpc) is 3.45. The van der Waals surface area contributed by atoms with Crippen molar-refractivity contribution in [1.82, 2.24) is 5.01 Å². The summed E-state index contributed by atoms with van der Waals surface area (Å²) in [5.74, 6) is 0.672. The number of hydrazone groups is 1. The van der Waals surface area contributed by atoms with Crippen LogP contribution in [-0.4, -0.2) is 34.0 Å². The summed E-state index contributed by atoms with van der Waals surface area (Å²) in [5.41, 5.74) is 4.61. The second-order valence-corrected chi connectivity index (χ2v) is 9.07. The molecular formula is C27H23N3O3S. The van der Waals surface area contributed by atoms with E-state index in [1.165, 1.54) is 11.8 Å². The third-order valence-corrected chi connectivity index (χ3v) is 6.88. The van der Waals surface area contributed by atoms with E-state index in [-0.39, 0.29) is 17.7 Å². The first-order valence-corrected chi connectivity index (χ1v) is 11.7. The van der Waals surface area contributed by atoms with Gasteiger partial charge in [0.05, 0.1) is 23.8 Å². The molecule has 170 valence electrons. The molecule has 0 radical (unpaired) electrons. The number of thioether (sulfide) groups is 1. The van der Waals surface area contributed by atoms with E-state index in [9.17, 15) is 9.90 Å². The van der Waals surface area contributed by atoms with Gasteiger partial charge >= 0.3 is 0 Å². The van der Waals surface area contributed by atoms with Crippen molar-refractivity contribution in [3.05, 3.63) is 100.0 Å². The molecule has 1 atom stereocenters. The third-order valence-electron chi connectivity index (χ3n) is 5.91. The van der Waals surface area contributed by atoms with Crippen molar-refractivity contribution in [3.63, 3.8) is 0 Å². The molecule has 3 aromatic rings. The van der Waals surface area contributed by atoms with Gasteiger partial charge in [-0.25, -0.2) is 5.01 Å². The van der Waals surface area contributed by atoms with E-state index in [0.29, 0.717) is 16.5 Å². The van der Waals surface area contributed by atoms with Crippen molar-refractivity contribution < 1.29 is 14.6 Å². The lowest BCUT2D eigenvalue weighted by Gasteiger charge is -2.23. The highest BCUT2D eigenvalue weighted by molar-refractivity contribution is 8.18. The number of aromatic hydroxyl groups is 1. The van der Waals surface area contributed by atoms with Crippen LogP contribution in [0.2, 0.25) is 0 Å². The van der Waals surface area contributed by atoms with E-state index in [0.717, 1.165) is 33.7 Å². The molecule has 0 aliphatic carbocycles. The van der Waals surface area contributed by atoms with Gasteiger partial charge in [-0.2, -0.15) is 10.1 Å². The first kappa shape index (κ1) is 22.0. The lowest BCUT2D eigenvalue weighted by molar-refractivity contribution is -0.113. The van der Waals surface area contributed by atoms with Crippen LogP contribution < -0.4 is 4.74 Å². The van der Waals surface area contributed by atoms with Crippen LogP contribution in [0.1, 0.15) is 34.7 Å². The molecule has 0 fully saturated rings. The Balaban J connectivity index is 1.50. The van der Waals surface area contributed by atoms with Gasteiger partial charge in [0.2, 0.25) is 0 Å². The van der Waals surface area contributed by atoms with Crippen LogP contribution in [0.5, 0.6) is 11.5 Å². The Morgan fingerprint density at radius 3 is 2.53 bits per heavy atom. The molecule has 0 aromatic heterocycles. The molecule has 6 nitrogen and oxygen atoms in total. The quantitative estimate of drug-likeness (QED) is 0.509. The molecule has 0 bridgehead atoms. The fourth-order valence-corrected chi connectivity index (χ4v) is 4.95. The van der Waals surface area contributed by atoms with Crippen LogP contribution in [0, 0.1) is 6.92 Å². The fraction of sp³-hybridized carbons (Fsp3) is 0.148. The number of hydrogen-bond donors (Lipinski definition) is 1. The van der Waals surface area contributed by atoms with Crippen LogP contribution in [0.3, 0.4) is 0 Å². The first-order chi connectivity index (χ1) is 16.5. The Bertz CT molecular complexity index is 1350. The Morgan fingerprint density at radius 1 is 1.06 bits per heavy atom. The van der Waals surface area contributed by atoms with Gasteiger partial charge in [-0.05, 0) is 71.8 Å².